The van der Waals surface area contributed by atoms with Gasteiger partial charge in [-0.05, 0) is 12.5 Å². The Kier molecular flexibility index (Phi) is 3.37. The van der Waals surface area contributed by atoms with Gasteiger partial charge in [0.1, 0.15) is 0 Å². The second kappa shape index (κ2) is 4.54. The molecule has 1 fully saturated rings. The summed E-state index contributed by atoms with van der Waals surface area (Å²) in [6.45, 7) is 4.05. The number of carbonyl (C=O) groups is 1. The van der Waals surface area contributed by atoms with E-state index in [0.29, 0.717) is 19.4 Å². The summed E-state index contributed by atoms with van der Waals surface area (Å²) in [6, 6.07) is 0.224. The fraction of sp³-hybridized carbons (Fsp3) is 0.455. The molecule has 1 heterocycles. The van der Waals surface area contributed by atoms with Gasteiger partial charge >= 0.3 is 0 Å². The van der Waals surface area contributed by atoms with Gasteiger partial charge in [0.15, 0.2) is 0 Å². The van der Waals surface area contributed by atoms with E-state index >= 15 is 0 Å². The number of carbonyl (C=O) groups excluding carboxylic acids is 1. The molecule has 0 radical (unpaired) electrons. The topological polar surface area (TPSA) is 20.3 Å². The molecular formula is C11H13NO. The van der Waals surface area contributed by atoms with E-state index in [1.54, 1.807) is 11.0 Å². The van der Waals surface area contributed by atoms with Crippen molar-refractivity contribution < 1.29 is 4.79 Å². The van der Waals surface area contributed by atoms with Gasteiger partial charge in [0.25, 0.3) is 0 Å². The molecule has 1 aliphatic rings. The third-order valence-electron chi connectivity index (χ3n) is 2.24. The Morgan fingerprint density at radius 1 is 1.77 bits per heavy atom. The SMILES string of the molecule is C#CCC1CCC(=O)N1CC=C=C. The number of nitrogens with zero attached hydrogens (tertiary/aromatic N) is 1. The van der Waals surface area contributed by atoms with Crippen LogP contribution in [0.3, 0.4) is 0 Å². The first-order valence-corrected chi connectivity index (χ1v) is 4.36. The van der Waals surface area contributed by atoms with Crippen LogP contribution in [-0.4, -0.2) is 23.4 Å². The zero-order chi connectivity index (χ0) is 9.68. The van der Waals surface area contributed by atoms with Gasteiger partial charge in [-0.2, -0.15) is 0 Å². The van der Waals surface area contributed by atoms with Crippen molar-refractivity contribution >= 4 is 5.91 Å². The van der Waals surface area contributed by atoms with Crippen molar-refractivity contribution in [3.63, 3.8) is 0 Å². The molecule has 0 aliphatic carbocycles. The van der Waals surface area contributed by atoms with Gasteiger partial charge in [0.05, 0.1) is 0 Å². The first kappa shape index (κ1) is 9.64. The third-order valence-corrected chi connectivity index (χ3v) is 2.24. The van der Waals surface area contributed by atoms with Crippen molar-refractivity contribution in [3.05, 3.63) is 18.4 Å². The van der Waals surface area contributed by atoms with Gasteiger partial charge in [-0.1, -0.05) is 6.58 Å². The van der Waals surface area contributed by atoms with Gasteiger partial charge in [0.2, 0.25) is 5.91 Å². The Morgan fingerprint density at radius 2 is 2.54 bits per heavy atom. The second-order valence-electron chi connectivity index (χ2n) is 3.06. The lowest BCUT2D eigenvalue weighted by atomic mass is 10.1. The van der Waals surface area contributed by atoms with Crippen molar-refractivity contribution in [2.24, 2.45) is 0 Å². The van der Waals surface area contributed by atoms with Crippen molar-refractivity contribution in [1.29, 1.82) is 0 Å². The van der Waals surface area contributed by atoms with E-state index in [4.69, 9.17) is 6.42 Å². The van der Waals surface area contributed by atoms with Crippen molar-refractivity contribution in [2.75, 3.05) is 6.54 Å². The predicted molar refractivity (Wildman–Crippen MR) is 51.9 cm³/mol. The summed E-state index contributed by atoms with van der Waals surface area (Å²) in [4.78, 5) is 13.2. The normalized spacial score (nSPS) is 21.0. The number of amides is 1. The minimum atomic E-state index is 0.187. The second-order valence-corrected chi connectivity index (χ2v) is 3.06. The Hall–Kier alpha value is -1.45. The lowest BCUT2D eigenvalue weighted by molar-refractivity contribution is -0.128. The molecule has 0 N–H and O–H groups in total. The Morgan fingerprint density at radius 3 is 3.15 bits per heavy atom. The van der Waals surface area contributed by atoms with Crippen LogP contribution in [0.5, 0.6) is 0 Å². The van der Waals surface area contributed by atoms with Crippen molar-refractivity contribution in [2.45, 2.75) is 25.3 Å². The molecule has 1 rings (SSSR count). The molecule has 0 aromatic carbocycles. The molecule has 0 saturated carbocycles. The molecule has 0 bridgehead atoms. The number of likely N-dealkylation sites (tertiary alicyclic amines) is 1. The molecule has 0 aromatic rings. The first-order valence-electron chi connectivity index (χ1n) is 4.36. The van der Waals surface area contributed by atoms with Crippen molar-refractivity contribution in [1.82, 2.24) is 4.90 Å². The monoisotopic (exact) mass is 175 g/mol. The van der Waals surface area contributed by atoms with Gasteiger partial charge < -0.3 is 4.90 Å². The number of terminal acetylenes is 1. The van der Waals surface area contributed by atoms with E-state index in [0.717, 1.165) is 6.42 Å². The highest BCUT2D eigenvalue weighted by Crippen LogP contribution is 2.20. The van der Waals surface area contributed by atoms with Crippen LogP contribution in [0, 0.1) is 12.3 Å². The summed E-state index contributed by atoms with van der Waals surface area (Å²) in [5, 5.41) is 0. The van der Waals surface area contributed by atoms with E-state index in [1.807, 2.05) is 0 Å². The fourth-order valence-electron chi connectivity index (χ4n) is 1.56. The molecule has 0 spiro atoms. The summed E-state index contributed by atoms with van der Waals surface area (Å²) in [5.41, 5.74) is 2.66. The minimum absolute atomic E-state index is 0.187. The lowest BCUT2D eigenvalue weighted by Crippen LogP contribution is -2.32. The summed E-state index contributed by atoms with van der Waals surface area (Å²) < 4.78 is 0. The minimum Gasteiger partial charge on any atom is -0.334 e. The Bertz CT molecular complexity index is 281. The molecule has 0 aromatic heterocycles. The largest absolute Gasteiger partial charge is 0.334 e. The molecule has 2 heteroatoms. The predicted octanol–water partition coefficient (Wildman–Crippen LogP) is 1.34. The Balaban J connectivity index is 2.60. The fourth-order valence-corrected chi connectivity index (χ4v) is 1.56. The van der Waals surface area contributed by atoms with E-state index in [2.05, 4.69) is 18.2 Å². The Labute approximate surface area is 78.9 Å². The first-order chi connectivity index (χ1) is 6.29. The van der Waals surface area contributed by atoms with Crippen LogP contribution in [0.25, 0.3) is 0 Å². The average molecular weight is 175 g/mol. The van der Waals surface area contributed by atoms with Crippen molar-refractivity contribution in [3.8, 4) is 12.3 Å². The molecular weight excluding hydrogens is 162 g/mol. The molecule has 68 valence electrons. The molecule has 1 aliphatic heterocycles. The smallest absolute Gasteiger partial charge is 0.223 e. The molecule has 2 nitrogen and oxygen atoms in total. The zero-order valence-corrected chi connectivity index (χ0v) is 7.62. The summed E-state index contributed by atoms with van der Waals surface area (Å²) in [6.07, 6.45) is 9.13. The highest BCUT2D eigenvalue weighted by atomic mass is 16.2. The lowest BCUT2D eigenvalue weighted by Gasteiger charge is -2.20. The van der Waals surface area contributed by atoms with Crippen LogP contribution in [-0.2, 0) is 4.79 Å². The standard InChI is InChI=1S/C11H13NO/c1-3-5-9-12-10(6-4-2)7-8-11(12)13/h2,5,10H,1,6-9H2. The van der Waals surface area contributed by atoms with Gasteiger partial charge in [-0.15, -0.1) is 18.1 Å². The van der Waals surface area contributed by atoms with Crippen LogP contribution in [0.15, 0.2) is 18.4 Å². The van der Waals surface area contributed by atoms with E-state index in [-0.39, 0.29) is 11.9 Å². The van der Waals surface area contributed by atoms with Gasteiger partial charge in [0, 0.05) is 25.4 Å². The average Bonchev–Trinajstić information content (AvgIpc) is 2.45. The van der Waals surface area contributed by atoms with E-state index in [1.165, 1.54) is 0 Å². The van der Waals surface area contributed by atoms with Crippen LogP contribution in [0.4, 0.5) is 0 Å². The van der Waals surface area contributed by atoms with E-state index < -0.39 is 0 Å². The van der Waals surface area contributed by atoms with Crippen LogP contribution in [0.2, 0.25) is 0 Å². The third kappa shape index (κ3) is 2.24. The quantitative estimate of drug-likeness (QED) is 0.468. The van der Waals surface area contributed by atoms with Crippen LogP contribution < -0.4 is 0 Å². The number of rotatable bonds is 3. The molecule has 1 saturated heterocycles. The van der Waals surface area contributed by atoms with Crippen LogP contribution >= 0.6 is 0 Å². The number of hydrogen-bond donors (Lipinski definition) is 0. The summed E-state index contributed by atoms with van der Waals surface area (Å²) in [7, 11) is 0. The molecule has 1 unspecified atom stereocenters. The maximum atomic E-state index is 11.4. The summed E-state index contributed by atoms with van der Waals surface area (Å²) >= 11 is 0. The van der Waals surface area contributed by atoms with Gasteiger partial charge in [-0.25, -0.2) is 0 Å². The maximum absolute atomic E-state index is 11.4. The van der Waals surface area contributed by atoms with Crippen LogP contribution in [0.1, 0.15) is 19.3 Å². The summed E-state index contributed by atoms with van der Waals surface area (Å²) in [5.74, 6) is 2.78. The molecule has 1 amide bonds. The maximum Gasteiger partial charge on any atom is 0.223 e. The van der Waals surface area contributed by atoms with Gasteiger partial charge in [-0.3, -0.25) is 4.79 Å². The molecule has 1 atom stereocenters. The highest BCUT2D eigenvalue weighted by molar-refractivity contribution is 5.79. The number of hydrogen-bond acceptors (Lipinski definition) is 1. The molecule has 13 heavy (non-hydrogen) atoms. The highest BCUT2D eigenvalue weighted by Gasteiger charge is 2.28. The van der Waals surface area contributed by atoms with E-state index in [9.17, 15) is 4.79 Å². The zero-order valence-electron chi connectivity index (χ0n) is 7.62.